The topological polar surface area (TPSA) is 85.2 Å². The first kappa shape index (κ1) is 16.9. The number of aromatic nitrogens is 4. The summed E-state index contributed by atoms with van der Waals surface area (Å²) in [5.74, 6) is 0.329. The molecule has 1 N–H and O–H groups in total. The second-order valence-electron chi connectivity index (χ2n) is 5.42. The van der Waals surface area contributed by atoms with E-state index in [0.717, 1.165) is 5.69 Å². The summed E-state index contributed by atoms with van der Waals surface area (Å²) in [5.41, 5.74) is 1.94. The van der Waals surface area contributed by atoms with Gasteiger partial charge >= 0.3 is 0 Å². The first-order chi connectivity index (χ1) is 10.9. The molecule has 23 heavy (non-hydrogen) atoms. The lowest BCUT2D eigenvalue weighted by atomic mass is 10.1. The summed E-state index contributed by atoms with van der Waals surface area (Å²) < 4.78 is 6.92. The number of carbonyl (C=O) groups excluding carboxylic acids is 1. The van der Waals surface area contributed by atoms with E-state index < -0.39 is 0 Å². The van der Waals surface area contributed by atoms with Gasteiger partial charge < -0.3 is 15.0 Å². The second-order valence-corrected chi connectivity index (χ2v) is 5.42. The van der Waals surface area contributed by atoms with Gasteiger partial charge in [-0.25, -0.2) is 9.97 Å². The molecule has 124 valence electrons. The summed E-state index contributed by atoms with van der Waals surface area (Å²) in [6.07, 6.45) is 3.23. The number of carbonyl (C=O) groups is 1. The minimum Gasteiger partial charge on any atom is -0.382 e. The highest BCUT2D eigenvalue weighted by atomic mass is 16.5. The van der Waals surface area contributed by atoms with Crippen LogP contribution in [-0.4, -0.2) is 53.5 Å². The molecule has 2 rings (SSSR count). The van der Waals surface area contributed by atoms with Gasteiger partial charge in [-0.05, 0) is 13.0 Å². The summed E-state index contributed by atoms with van der Waals surface area (Å²) in [6, 6.07) is 1.55. The fraction of sp³-hybridized carbons (Fsp3) is 0.467. The van der Waals surface area contributed by atoms with Crippen molar-refractivity contribution < 1.29 is 9.53 Å². The van der Waals surface area contributed by atoms with Crippen LogP contribution >= 0.6 is 0 Å². The third-order valence-electron chi connectivity index (χ3n) is 3.47. The van der Waals surface area contributed by atoms with Gasteiger partial charge in [0.25, 0.3) is 5.91 Å². The SMILES string of the molecule is COC[C@@H](NC(=O)c1cnc(N(C)C)nc1C)c1ccnn1C. The lowest BCUT2D eigenvalue weighted by molar-refractivity contribution is 0.0891. The summed E-state index contributed by atoms with van der Waals surface area (Å²) >= 11 is 0. The van der Waals surface area contributed by atoms with E-state index in [2.05, 4.69) is 20.4 Å². The van der Waals surface area contributed by atoms with Crippen LogP contribution in [0.1, 0.15) is 27.8 Å². The molecule has 0 saturated carbocycles. The Balaban J connectivity index is 2.21. The van der Waals surface area contributed by atoms with Gasteiger partial charge in [-0.3, -0.25) is 9.48 Å². The molecule has 0 radical (unpaired) electrons. The highest BCUT2D eigenvalue weighted by molar-refractivity contribution is 5.95. The van der Waals surface area contributed by atoms with Crippen LogP contribution in [0.25, 0.3) is 0 Å². The predicted octanol–water partition coefficient (Wildman–Crippen LogP) is 0.702. The van der Waals surface area contributed by atoms with Crippen LogP contribution in [0.2, 0.25) is 0 Å². The van der Waals surface area contributed by atoms with Gasteiger partial charge in [0, 0.05) is 40.6 Å². The van der Waals surface area contributed by atoms with Gasteiger partial charge in [-0.1, -0.05) is 0 Å². The van der Waals surface area contributed by atoms with Crippen molar-refractivity contribution in [3.63, 3.8) is 0 Å². The van der Waals surface area contributed by atoms with Gasteiger partial charge in [0.2, 0.25) is 5.95 Å². The second kappa shape index (κ2) is 7.19. The Hall–Kier alpha value is -2.48. The smallest absolute Gasteiger partial charge is 0.255 e. The number of methoxy groups -OCH3 is 1. The van der Waals surface area contributed by atoms with Crippen LogP contribution in [0.4, 0.5) is 5.95 Å². The Labute approximate surface area is 135 Å². The number of hydrogen-bond acceptors (Lipinski definition) is 6. The van der Waals surface area contributed by atoms with E-state index in [1.807, 2.05) is 27.2 Å². The third kappa shape index (κ3) is 3.84. The number of rotatable bonds is 6. The Morgan fingerprint density at radius 2 is 2.22 bits per heavy atom. The lowest BCUT2D eigenvalue weighted by Gasteiger charge is -2.19. The van der Waals surface area contributed by atoms with E-state index in [-0.39, 0.29) is 11.9 Å². The summed E-state index contributed by atoms with van der Waals surface area (Å²) in [7, 11) is 7.12. The fourth-order valence-corrected chi connectivity index (χ4v) is 2.22. The maximum atomic E-state index is 12.5. The normalized spacial score (nSPS) is 12.0. The van der Waals surface area contributed by atoms with Crippen molar-refractivity contribution in [2.24, 2.45) is 7.05 Å². The Bertz CT molecular complexity index is 682. The quantitative estimate of drug-likeness (QED) is 0.844. The molecule has 0 saturated heterocycles. The molecule has 8 nitrogen and oxygen atoms in total. The number of anilines is 1. The number of aryl methyl sites for hydroxylation is 2. The summed E-state index contributed by atoms with van der Waals surface area (Å²) in [4.78, 5) is 22.9. The fourth-order valence-electron chi connectivity index (χ4n) is 2.22. The average Bonchev–Trinajstić information content (AvgIpc) is 2.92. The van der Waals surface area contributed by atoms with Crippen LogP contribution in [-0.2, 0) is 11.8 Å². The largest absolute Gasteiger partial charge is 0.382 e. The van der Waals surface area contributed by atoms with Crippen LogP contribution in [0.3, 0.4) is 0 Å². The van der Waals surface area contributed by atoms with Gasteiger partial charge in [-0.2, -0.15) is 5.10 Å². The van der Waals surface area contributed by atoms with E-state index in [9.17, 15) is 4.79 Å². The molecule has 2 aromatic heterocycles. The number of nitrogens with one attached hydrogen (secondary N) is 1. The number of nitrogens with zero attached hydrogens (tertiary/aromatic N) is 5. The molecule has 0 aliphatic rings. The minimum atomic E-state index is -0.298. The van der Waals surface area contributed by atoms with Crippen LogP contribution in [0.5, 0.6) is 0 Å². The number of amides is 1. The third-order valence-corrected chi connectivity index (χ3v) is 3.47. The summed E-state index contributed by atoms with van der Waals surface area (Å²) in [5, 5.41) is 7.08. The zero-order chi connectivity index (χ0) is 17.0. The van der Waals surface area contributed by atoms with Gasteiger partial charge in [-0.15, -0.1) is 0 Å². The van der Waals surface area contributed by atoms with E-state index >= 15 is 0 Å². The molecule has 0 spiro atoms. The molecule has 0 unspecified atom stereocenters. The highest BCUT2D eigenvalue weighted by Crippen LogP contribution is 2.15. The predicted molar refractivity (Wildman–Crippen MR) is 86.4 cm³/mol. The lowest BCUT2D eigenvalue weighted by Crippen LogP contribution is -2.33. The van der Waals surface area contributed by atoms with E-state index in [1.165, 1.54) is 0 Å². The van der Waals surface area contributed by atoms with Crippen LogP contribution < -0.4 is 10.2 Å². The minimum absolute atomic E-state index is 0.240. The van der Waals surface area contributed by atoms with Crippen LogP contribution in [0, 0.1) is 6.92 Å². The monoisotopic (exact) mass is 318 g/mol. The van der Waals surface area contributed by atoms with Gasteiger partial charge in [0.1, 0.15) is 0 Å². The zero-order valence-corrected chi connectivity index (χ0v) is 14.1. The molecule has 1 amide bonds. The first-order valence-electron chi connectivity index (χ1n) is 7.22. The molecule has 0 aromatic carbocycles. The molecular formula is C15H22N6O2. The van der Waals surface area contributed by atoms with Crippen molar-refractivity contribution >= 4 is 11.9 Å². The van der Waals surface area contributed by atoms with Crippen molar-refractivity contribution in [2.75, 3.05) is 32.7 Å². The number of ether oxygens (including phenoxy) is 1. The molecule has 8 heteroatoms. The van der Waals surface area contributed by atoms with E-state index in [1.54, 1.807) is 36.0 Å². The van der Waals surface area contributed by atoms with Gasteiger partial charge in [0.15, 0.2) is 0 Å². The molecule has 2 heterocycles. The van der Waals surface area contributed by atoms with E-state index in [0.29, 0.717) is 23.8 Å². The molecule has 2 aromatic rings. The Kier molecular flexibility index (Phi) is 5.28. The van der Waals surface area contributed by atoms with Crippen LogP contribution in [0.15, 0.2) is 18.5 Å². The molecule has 0 aliphatic carbocycles. The zero-order valence-electron chi connectivity index (χ0n) is 14.1. The average molecular weight is 318 g/mol. The Morgan fingerprint density at radius 1 is 1.48 bits per heavy atom. The molecule has 0 aliphatic heterocycles. The van der Waals surface area contributed by atoms with Crippen molar-refractivity contribution in [3.8, 4) is 0 Å². The maximum Gasteiger partial charge on any atom is 0.255 e. The van der Waals surface area contributed by atoms with Crippen molar-refractivity contribution in [1.29, 1.82) is 0 Å². The first-order valence-corrected chi connectivity index (χ1v) is 7.22. The summed E-state index contributed by atoms with van der Waals surface area (Å²) in [6.45, 7) is 2.14. The number of hydrogen-bond donors (Lipinski definition) is 1. The molecule has 1 atom stereocenters. The van der Waals surface area contributed by atoms with Gasteiger partial charge in [0.05, 0.1) is 29.6 Å². The molecule has 0 bridgehead atoms. The standard InChI is InChI=1S/C15H22N6O2/c1-10-11(8-16-15(18-10)20(2)3)14(22)19-12(9-23-5)13-6-7-17-21(13)4/h6-8,12H,9H2,1-5H3,(H,19,22)/t12-/m1/s1. The van der Waals surface area contributed by atoms with E-state index in [4.69, 9.17) is 4.74 Å². The van der Waals surface area contributed by atoms with Crippen molar-refractivity contribution in [1.82, 2.24) is 25.1 Å². The molecular weight excluding hydrogens is 296 g/mol. The molecule has 0 fully saturated rings. The highest BCUT2D eigenvalue weighted by Gasteiger charge is 2.20. The van der Waals surface area contributed by atoms with Crippen molar-refractivity contribution in [2.45, 2.75) is 13.0 Å². The Morgan fingerprint density at radius 3 is 2.74 bits per heavy atom. The van der Waals surface area contributed by atoms with Crippen molar-refractivity contribution in [3.05, 3.63) is 35.4 Å². The maximum absolute atomic E-state index is 12.5.